The third-order valence-electron chi connectivity index (χ3n) is 3.53. The molecule has 1 aromatic rings. The largest absolute Gasteiger partial charge is 0.481 e. The van der Waals surface area contributed by atoms with Crippen LogP contribution in [0.15, 0.2) is 18.2 Å². The van der Waals surface area contributed by atoms with E-state index in [1.54, 1.807) is 6.92 Å². The summed E-state index contributed by atoms with van der Waals surface area (Å²) in [5.41, 5.74) is 0.149. The minimum absolute atomic E-state index is 0.00393. The Hall–Kier alpha value is -1.66. The van der Waals surface area contributed by atoms with Crippen molar-refractivity contribution < 1.29 is 23.8 Å². The molecule has 0 spiro atoms. The van der Waals surface area contributed by atoms with E-state index in [-0.39, 0.29) is 23.8 Å². The maximum atomic E-state index is 13.1. The molecule has 0 saturated carbocycles. The van der Waals surface area contributed by atoms with Crippen LogP contribution in [0.4, 0.5) is 4.39 Å². The highest BCUT2D eigenvalue weighted by atomic mass is 35.5. The van der Waals surface area contributed by atoms with Gasteiger partial charge in [0.25, 0.3) is 5.91 Å². The number of likely N-dealkylation sites (N-methyl/N-ethyl adjacent to an activating group) is 1. The first-order chi connectivity index (χ1) is 9.95. The van der Waals surface area contributed by atoms with Gasteiger partial charge in [-0.1, -0.05) is 11.6 Å². The van der Waals surface area contributed by atoms with Gasteiger partial charge in [0.2, 0.25) is 0 Å². The smallest absolute Gasteiger partial charge is 0.311 e. The molecular formula is C14H15ClFNO4. The van der Waals surface area contributed by atoms with E-state index in [2.05, 4.69) is 0 Å². The van der Waals surface area contributed by atoms with Crippen molar-refractivity contribution in [1.29, 1.82) is 0 Å². The van der Waals surface area contributed by atoms with E-state index >= 15 is 0 Å². The summed E-state index contributed by atoms with van der Waals surface area (Å²) in [4.78, 5) is 25.2. The normalized spacial score (nSPS) is 21.3. The second-order valence-electron chi connectivity index (χ2n) is 4.76. The Bertz CT molecular complexity index is 566. The lowest BCUT2D eigenvalue weighted by Gasteiger charge is -2.29. The Labute approximate surface area is 126 Å². The summed E-state index contributed by atoms with van der Waals surface area (Å²) in [5.74, 6) is -2.74. The first-order valence-electron chi connectivity index (χ1n) is 6.52. The number of ether oxygens (including phenoxy) is 1. The number of halogens is 2. The van der Waals surface area contributed by atoms with Crippen LogP contribution < -0.4 is 0 Å². The van der Waals surface area contributed by atoms with Crippen molar-refractivity contribution in [3.05, 3.63) is 34.6 Å². The summed E-state index contributed by atoms with van der Waals surface area (Å²) >= 11 is 5.90. The fourth-order valence-electron chi connectivity index (χ4n) is 2.43. The molecule has 0 aromatic heterocycles. The van der Waals surface area contributed by atoms with Crippen molar-refractivity contribution in [2.75, 3.05) is 19.8 Å². The second kappa shape index (κ2) is 6.41. The molecule has 21 heavy (non-hydrogen) atoms. The zero-order valence-corrected chi connectivity index (χ0v) is 12.1. The van der Waals surface area contributed by atoms with Gasteiger partial charge in [-0.25, -0.2) is 4.39 Å². The molecule has 0 aliphatic carbocycles. The topological polar surface area (TPSA) is 66.8 Å². The predicted molar refractivity (Wildman–Crippen MR) is 73.9 cm³/mol. The maximum absolute atomic E-state index is 13.1. The number of benzene rings is 1. The minimum Gasteiger partial charge on any atom is -0.481 e. The monoisotopic (exact) mass is 315 g/mol. The minimum atomic E-state index is -1.01. The number of amides is 1. The van der Waals surface area contributed by atoms with E-state index in [0.717, 1.165) is 12.1 Å². The molecule has 1 saturated heterocycles. The predicted octanol–water partition coefficient (Wildman–Crippen LogP) is 2.04. The van der Waals surface area contributed by atoms with Crippen LogP contribution in [0.2, 0.25) is 5.02 Å². The van der Waals surface area contributed by atoms with Gasteiger partial charge in [-0.3, -0.25) is 9.59 Å². The molecule has 2 rings (SSSR count). The SMILES string of the molecule is CCN(C(=O)c1ccc(F)cc1Cl)C1COCC1C(=O)O. The maximum Gasteiger partial charge on any atom is 0.311 e. The van der Waals surface area contributed by atoms with E-state index in [4.69, 9.17) is 16.3 Å². The molecule has 1 aliphatic rings. The van der Waals surface area contributed by atoms with E-state index < -0.39 is 29.7 Å². The fraction of sp³-hybridized carbons (Fsp3) is 0.429. The first-order valence-corrected chi connectivity index (χ1v) is 6.90. The molecule has 2 unspecified atom stereocenters. The fourth-order valence-corrected chi connectivity index (χ4v) is 2.68. The van der Waals surface area contributed by atoms with E-state index in [1.807, 2.05) is 0 Å². The Morgan fingerprint density at radius 3 is 2.76 bits per heavy atom. The molecule has 1 aliphatic heterocycles. The van der Waals surface area contributed by atoms with Crippen molar-refractivity contribution in [2.45, 2.75) is 13.0 Å². The first kappa shape index (κ1) is 15.7. The van der Waals surface area contributed by atoms with Gasteiger partial charge in [-0.15, -0.1) is 0 Å². The quantitative estimate of drug-likeness (QED) is 0.923. The molecule has 1 aromatic carbocycles. The van der Waals surface area contributed by atoms with Crippen molar-refractivity contribution >= 4 is 23.5 Å². The highest BCUT2D eigenvalue weighted by Gasteiger charge is 2.39. The van der Waals surface area contributed by atoms with Crippen LogP contribution in [-0.2, 0) is 9.53 Å². The van der Waals surface area contributed by atoms with Gasteiger partial charge in [0.15, 0.2) is 0 Å². The van der Waals surface area contributed by atoms with Crippen molar-refractivity contribution in [1.82, 2.24) is 4.90 Å². The van der Waals surface area contributed by atoms with Crippen LogP contribution in [0.3, 0.4) is 0 Å². The third kappa shape index (κ3) is 3.16. The standard InChI is InChI=1S/C14H15ClFNO4/c1-2-17(12-7-21-6-10(12)14(19)20)13(18)9-4-3-8(16)5-11(9)15/h3-5,10,12H,2,6-7H2,1H3,(H,19,20). The van der Waals surface area contributed by atoms with Gasteiger partial charge in [0.05, 0.1) is 29.8 Å². The van der Waals surface area contributed by atoms with Gasteiger partial charge in [0.1, 0.15) is 11.7 Å². The molecular weight excluding hydrogens is 301 g/mol. The van der Waals surface area contributed by atoms with Crippen molar-refractivity contribution in [2.24, 2.45) is 5.92 Å². The van der Waals surface area contributed by atoms with Crippen LogP contribution in [-0.4, -0.2) is 47.7 Å². The van der Waals surface area contributed by atoms with Crippen LogP contribution >= 0.6 is 11.6 Å². The Morgan fingerprint density at radius 2 is 2.19 bits per heavy atom. The number of hydrogen-bond acceptors (Lipinski definition) is 3. The summed E-state index contributed by atoms with van der Waals surface area (Å²) < 4.78 is 18.2. The zero-order chi connectivity index (χ0) is 15.6. The lowest BCUT2D eigenvalue weighted by atomic mass is 10.0. The molecule has 1 heterocycles. The number of carboxylic acid groups (broad SMARTS) is 1. The van der Waals surface area contributed by atoms with Gasteiger partial charge in [-0.05, 0) is 25.1 Å². The lowest BCUT2D eigenvalue weighted by Crippen LogP contribution is -2.46. The number of carbonyl (C=O) groups is 2. The van der Waals surface area contributed by atoms with Gasteiger partial charge in [-0.2, -0.15) is 0 Å². The van der Waals surface area contributed by atoms with E-state index in [0.29, 0.717) is 6.54 Å². The Kier molecular flexibility index (Phi) is 4.80. The summed E-state index contributed by atoms with van der Waals surface area (Å²) in [5, 5.41) is 9.18. The van der Waals surface area contributed by atoms with Crippen molar-refractivity contribution in [3.63, 3.8) is 0 Å². The molecule has 1 N–H and O–H groups in total. The van der Waals surface area contributed by atoms with Crippen LogP contribution in [0, 0.1) is 11.7 Å². The molecule has 1 amide bonds. The molecule has 0 bridgehead atoms. The number of carbonyl (C=O) groups excluding carboxylic acids is 1. The van der Waals surface area contributed by atoms with Crippen molar-refractivity contribution in [3.8, 4) is 0 Å². The number of aliphatic carboxylic acids is 1. The number of carboxylic acids is 1. The summed E-state index contributed by atoms with van der Waals surface area (Å²) in [6.07, 6.45) is 0. The Balaban J connectivity index is 2.28. The van der Waals surface area contributed by atoms with Crippen LogP contribution in [0.5, 0.6) is 0 Å². The third-order valence-corrected chi connectivity index (χ3v) is 3.84. The summed E-state index contributed by atoms with van der Waals surface area (Å²) in [7, 11) is 0. The second-order valence-corrected chi connectivity index (χ2v) is 5.17. The van der Waals surface area contributed by atoms with Gasteiger partial charge < -0.3 is 14.7 Å². The summed E-state index contributed by atoms with van der Waals surface area (Å²) in [6, 6.07) is 2.95. The van der Waals surface area contributed by atoms with Crippen LogP contribution in [0.25, 0.3) is 0 Å². The van der Waals surface area contributed by atoms with Crippen LogP contribution in [0.1, 0.15) is 17.3 Å². The van der Waals surface area contributed by atoms with Gasteiger partial charge >= 0.3 is 5.97 Å². The van der Waals surface area contributed by atoms with Gasteiger partial charge in [0, 0.05) is 6.54 Å². The molecule has 114 valence electrons. The molecule has 7 heteroatoms. The molecule has 2 atom stereocenters. The lowest BCUT2D eigenvalue weighted by molar-refractivity contribution is -0.142. The molecule has 1 fully saturated rings. The highest BCUT2D eigenvalue weighted by Crippen LogP contribution is 2.25. The zero-order valence-electron chi connectivity index (χ0n) is 11.4. The average molecular weight is 316 g/mol. The molecule has 0 radical (unpaired) electrons. The number of hydrogen-bond donors (Lipinski definition) is 1. The van der Waals surface area contributed by atoms with E-state index in [9.17, 15) is 19.1 Å². The number of rotatable bonds is 4. The average Bonchev–Trinajstić information content (AvgIpc) is 2.88. The number of nitrogens with zero attached hydrogens (tertiary/aromatic N) is 1. The highest BCUT2D eigenvalue weighted by molar-refractivity contribution is 6.33. The Morgan fingerprint density at radius 1 is 1.48 bits per heavy atom. The summed E-state index contributed by atoms with van der Waals surface area (Å²) in [6.45, 7) is 2.28. The van der Waals surface area contributed by atoms with E-state index in [1.165, 1.54) is 11.0 Å². The molecule has 5 nitrogen and oxygen atoms in total.